The minimum absolute atomic E-state index is 0. The van der Waals surface area contributed by atoms with Crippen molar-refractivity contribution in [2.45, 2.75) is 30.8 Å². The number of rotatable bonds is 4. The molecule has 1 unspecified atom stereocenters. The molecule has 6 nitrogen and oxygen atoms in total. The molecule has 0 saturated heterocycles. The Morgan fingerprint density at radius 2 is 2.04 bits per heavy atom. The molecule has 0 aliphatic carbocycles. The third-order valence-corrected chi connectivity index (χ3v) is 5.61. The van der Waals surface area contributed by atoms with Gasteiger partial charge in [0.2, 0.25) is 0 Å². The van der Waals surface area contributed by atoms with Gasteiger partial charge >= 0.3 is 0 Å². The molecule has 1 heterocycles. The standard InChI is InChI=1S/C19H23N3O3S.HI/c1-13-11-14(7-8-18(13)26(2,23)24)12-21-19(20)22-16-9-10-25-17-6-4-3-5-15(16)17;/h3-8,11,16H,9-10,12H2,1-2H3,(H3,20,21,22);1H. The molecule has 8 heteroatoms. The third-order valence-electron chi connectivity index (χ3n) is 4.35. The van der Waals surface area contributed by atoms with Crippen LogP contribution in [0.15, 0.2) is 52.4 Å². The fourth-order valence-electron chi connectivity index (χ4n) is 3.12. The lowest BCUT2D eigenvalue weighted by Gasteiger charge is -2.26. The summed E-state index contributed by atoms with van der Waals surface area (Å²) >= 11 is 0. The Morgan fingerprint density at radius 1 is 1.30 bits per heavy atom. The highest BCUT2D eigenvalue weighted by Crippen LogP contribution is 2.31. The van der Waals surface area contributed by atoms with E-state index in [4.69, 9.17) is 10.5 Å². The number of aliphatic imine (C=N–C) groups is 1. The molecule has 1 aliphatic rings. The van der Waals surface area contributed by atoms with Crippen LogP contribution < -0.4 is 15.8 Å². The van der Waals surface area contributed by atoms with Crippen molar-refractivity contribution in [3.05, 3.63) is 59.2 Å². The average Bonchev–Trinajstić information content (AvgIpc) is 2.59. The van der Waals surface area contributed by atoms with Crippen molar-refractivity contribution in [3.8, 4) is 5.75 Å². The summed E-state index contributed by atoms with van der Waals surface area (Å²) in [5.41, 5.74) is 8.75. The van der Waals surface area contributed by atoms with Gasteiger partial charge in [-0.05, 0) is 30.2 Å². The zero-order valence-corrected chi connectivity index (χ0v) is 18.5. The Bertz CT molecular complexity index is 945. The minimum atomic E-state index is -3.21. The lowest BCUT2D eigenvalue weighted by atomic mass is 10.0. The lowest BCUT2D eigenvalue weighted by molar-refractivity contribution is 0.262. The van der Waals surface area contributed by atoms with Crippen LogP contribution in [-0.4, -0.2) is 27.2 Å². The molecule has 0 saturated carbocycles. The number of aryl methyl sites for hydroxylation is 1. The molecule has 0 aromatic heterocycles. The number of benzene rings is 2. The summed E-state index contributed by atoms with van der Waals surface area (Å²) in [7, 11) is -3.21. The van der Waals surface area contributed by atoms with Crippen molar-refractivity contribution in [3.63, 3.8) is 0 Å². The molecule has 1 aliphatic heterocycles. The van der Waals surface area contributed by atoms with E-state index in [9.17, 15) is 8.42 Å². The third kappa shape index (κ3) is 5.35. The van der Waals surface area contributed by atoms with E-state index >= 15 is 0 Å². The number of guanidine groups is 1. The topological polar surface area (TPSA) is 93.8 Å². The van der Waals surface area contributed by atoms with Crippen LogP contribution in [0.3, 0.4) is 0 Å². The second kappa shape index (κ2) is 8.92. The minimum Gasteiger partial charge on any atom is -0.493 e. The molecule has 0 spiro atoms. The Balaban J connectivity index is 0.00000261. The Kier molecular flexibility index (Phi) is 7.10. The number of halogens is 1. The number of nitrogens with one attached hydrogen (secondary N) is 1. The van der Waals surface area contributed by atoms with Crippen LogP contribution in [0.2, 0.25) is 0 Å². The fourth-order valence-corrected chi connectivity index (χ4v) is 4.08. The van der Waals surface area contributed by atoms with E-state index < -0.39 is 9.84 Å². The summed E-state index contributed by atoms with van der Waals surface area (Å²) in [6, 6.07) is 13.2. The molecular weight excluding hydrogens is 477 g/mol. The number of sulfone groups is 1. The monoisotopic (exact) mass is 501 g/mol. The van der Waals surface area contributed by atoms with Crippen molar-refractivity contribution < 1.29 is 13.2 Å². The lowest BCUT2D eigenvalue weighted by Crippen LogP contribution is -2.37. The zero-order valence-electron chi connectivity index (χ0n) is 15.3. The van der Waals surface area contributed by atoms with Gasteiger partial charge in [0.05, 0.1) is 24.1 Å². The molecule has 0 amide bonds. The fraction of sp³-hybridized carbons (Fsp3) is 0.316. The zero-order chi connectivity index (χ0) is 18.7. The Labute approximate surface area is 177 Å². The number of ether oxygens (including phenoxy) is 1. The van der Waals surface area contributed by atoms with Crippen LogP contribution in [0.1, 0.15) is 29.2 Å². The maximum atomic E-state index is 11.7. The molecule has 0 bridgehead atoms. The number of nitrogens with zero attached hydrogens (tertiary/aromatic N) is 1. The van der Waals surface area contributed by atoms with Gasteiger partial charge in [0.1, 0.15) is 5.75 Å². The molecule has 1 atom stereocenters. The van der Waals surface area contributed by atoms with Gasteiger partial charge < -0.3 is 15.8 Å². The van der Waals surface area contributed by atoms with Gasteiger partial charge in [-0.15, -0.1) is 24.0 Å². The maximum absolute atomic E-state index is 11.7. The molecule has 3 rings (SSSR count). The summed E-state index contributed by atoms with van der Waals surface area (Å²) in [5.74, 6) is 1.23. The van der Waals surface area contributed by atoms with Gasteiger partial charge in [-0.3, -0.25) is 0 Å². The van der Waals surface area contributed by atoms with Crippen molar-refractivity contribution in [1.82, 2.24) is 5.32 Å². The van der Waals surface area contributed by atoms with Gasteiger partial charge in [0, 0.05) is 18.2 Å². The predicted molar refractivity (Wildman–Crippen MR) is 117 cm³/mol. The van der Waals surface area contributed by atoms with Crippen LogP contribution >= 0.6 is 24.0 Å². The van der Waals surface area contributed by atoms with E-state index in [1.807, 2.05) is 30.3 Å². The number of hydrogen-bond acceptors (Lipinski definition) is 4. The van der Waals surface area contributed by atoms with Gasteiger partial charge in [-0.2, -0.15) is 0 Å². The van der Waals surface area contributed by atoms with E-state index in [1.54, 1.807) is 19.1 Å². The maximum Gasteiger partial charge on any atom is 0.189 e. The molecule has 2 aromatic rings. The normalized spacial score (nSPS) is 16.7. The van der Waals surface area contributed by atoms with Gasteiger partial charge in [-0.25, -0.2) is 13.4 Å². The second-order valence-corrected chi connectivity index (χ2v) is 8.43. The molecule has 0 fully saturated rings. The van der Waals surface area contributed by atoms with Gasteiger partial charge in [0.15, 0.2) is 15.8 Å². The van der Waals surface area contributed by atoms with Crippen molar-refractivity contribution in [2.75, 3.05) is 12.9 Å². The van der Waals surface area contributed by atoms with E-state index in [0.717, 1.165) is 23.3 Å². The Morgan fingerprint density at radius 3 is 2.74 bits per heavy atom. The molecular formula is C19H24IN3O3S. The molecule has 3 N–H and O–H groups in total. The summed E-state index contributed by atoms with van der Waals surface area (Å²) < 4.78 is 29.0. The second-order valence-electron chi connectivity index (χ2n) is 6.45. The average molecular weight is 501 g/mol. The van der Waals surface area contributed by atoms with Crippen LogP contribution in [-0.2, 0) is 16.4 Å². The van der Waals surface area contributed by atoms with Crippen LogP contribution in [0.5, 0.6) is 5.75 Å². The number of para-hydroxylation sites is 1. The highest BCUT2D eigenvalue weighted by molar-refractivity contribution is 14.0. The molecule has 2 aromatic carbocycles. The Hall–Kier alpha value is -1.81. The van der Waals surface area contributed by atoms with Crippen molar-refractivity contribution >= 4 is 39.8 Å². The SMILES string of the molecule is Cc1cc(CN=C(N)NC2CCOc3ccccc32)ccc1S(C)(=O)=O.I. The molecule has 0 radical (unpaired) electrons. The molecule has 146 valence electrons. The van der Waals surface area contributed by atoms with Crippen LogP contribution in [0.25, 0.3) is 0 Å². The summed E-state index contributed by atoms with van der Waals surface area (Å²) in [6.45, 7) is 2.80. The number of fused-ring (bicyclic) bond motifs is 1. The smallest absolute Gasteiger partial charge is 0.189 e. The largest absolute Gasteiger partial charge is 0.493 e. The number of hydrogen-bond donors (Lipinski definition) is 2. The molecule has 27 heavy (non-hydrogen) atoms. The van der Waals surface area contributed by atoms with Crippen LogP contribution in [0, 0.1) is 6.92 Å². The summed E-state index contributed by atoms with van der Waals surface area (Å²) in [4.78, 5) is 4.73. The first-order chi connectivity index (χ1) is 12.3. The van der Waals surface area contributed by atoms with E-state index in [0.29, 0.717) is 29.6 Å². The van der Waals surface area contributed by atoms with Crippen LogP contribution in [0.4, 0.5) is 0 Å². The quantitative estimate of drug-likeness (QED) is 0.382. The van der Waals surface area contributed by atoms with E-state index in [-0.39, 0.29) is 30.0 Å². The van der Waals surface area contributed by atoms with Crippen molar-refractivity contribution in [2.24, 2.45) is 10.7 Å². The summed E-state index contributed by atoms with van der Waals surface area (Å²) in [6.07, 6.45) is 2.02. The highest BCUT2D eigenvalue weighted by atomic mass is 127. The van der Waals surface area contributed by atoms with Crippen molar-refractivity contribution in [1.29, 1.82) is 0 Å². The highest BCUT2D eigenvalue weighted by Gasteiger charge is 2.21. The van der Waals surface area contributed by atoms with E-state index in [2.05, 4.69) is 10.3 Å². The van der Waals surface area contributed by atoms with Gasteiger partial charge in [-0.1, -0.05) is 30.3 Å². The first-order valence-corrected chi connectivity index (χ1v) is 10.3. The summed E-state index contributed by atoms with van der Waals surface area (Å²) in [5, 5.41) is 3.25. The number of nitrogens with two attached hydrogens (primary N) is 1. The first-order valence-electron chi connectivity index (χ1n) is 8.42. The first kappa shape index (κ1) is 21.5. The predicted octanol–water partition coefficient (Wildman–Crippen LogP) is 2.94. The van der Waals surface area contributed by atoms with E-state index in [1.165, 1.54) is 6.26 Å². The van der Waals surface area contributed by atoms with Gasteiger partial charge in [0.25, 0.3) is 0 Å².